The minimum atomic E-state index is 0.856. The fourth-order valence-corrected chi connectivity index (χ4v) is 1.96. The third kappa shape index (κ3) is 1.45. The minimum Gasteiger partial charge on any atom is -0.330 e. The topological polar surface area (TPSA) is 26.0 Å². The lowest BCUT2D eigenvalue weighted by molar-refractivity contribution is 0.385. The van der Waals surface area contributed by atoms with E-state index in [9.17, 15) is 0 Å². The van der Waals surface area contributed by atoms with E-state index in [-0.39, 0.29) is 0 Å². The zero-order chi connectivity index (χ0) is 6.69. The van der Waals surface area contributed by atoms with Gasteiger partial charge in [-0.25, -0.2) is 0 Å². The molecule has 54 valence electrons. The summed E-state index contributed by atoms with van der Waals surface area (Å²) < 4.78 is 0. The highest BCUT2D eigenvalue weighted by atomic mass is 14.6. The van der Waals surface area contributed by atoms with E-state index in [1.807, 2.05) is 0 Å². The maximum Gasteiger partial charge on any atom is -0.00462 e. The molecule has 2 atom stereocenters. The lowest BCUT2D eigenvalue weighted by Gasteiger charge is -2.14. The molecule has 1 aliphatic rings. The molecule has 0 aromatic carbocycles. The van der Waals surface area contributed by atoms with Gasteiger partial charge in [0.15, 0.2) is 0 Å². The molecule has 1 rings (SSSR count). The lowest BCUT2D eigenvalue weighted by atomic mass is 9.94. The molecule has 1 saturated carbocycles. The van der Waals surface area contributed by atoms with Gasteiger partial charge < -0.3 is 5.73 Å². The third-order valence-electron chi connectivity index (χ3n) is 2.64. The Bertz CT molecular complexity index is 70.6. The van der Waals surface area contributed by atoms with Crippen molar-refractivity contribution in [2.45, 2.75) is 32.6 Å². The van der Waals surface area contributed by atoms with E-state index in [1.54, 1.807) is 0 Å². The molecule has 0 bridgehead atoms. The summed E-state index contributed by atoms with van der Waals surface area (Å²) in [6, 6.07) is 0. The van der Waals surface area contributed by atoms with Crippen LogP contribution in [0.2, 0.25) is 0 Å². The van der Waals surface area contributed by atoms with Crippen LogP contribution >= 0.6 is 0 Å². The van der Waals surface area contributed by atoms with Gasteiger partial charge in [-0.15, -0.1) is 0 Å². The molecule has 0 saturated heterocycles. The lowest BCUT2D eigenvalue weighted by Crippen LogP contribution is -2.17. The van der Waals surface area contributed by atoms with Crippen LogP contribution in [0.4, 0.5) is 0 Å². The molecule has 1 fully saturated rings. The van der Waals surface area contributed by atoms with E-state index in [2.05, 4.69) is 6.92 Å². The molecule has 1 heteroatoms. The Morgan fingerprint density at radius 3 is 2.44 bits per heavy atom. The quantitative estimate of drug-likeness (QED) is 0.601. The van der Waals surface area contributed by atoms with Gasteiger partial charge in [0.1, 0.15) is 0 Å². The maximum atomic E-state index is 5.60. The summed E-state index contributed by atoms with van der Waals surface area (Å²) in [5.74, 6) is 1.81. The largest absolute Gasteiger partial charge is 0.330 e. The summed E-state index contributed by atoms with van der Waals surface area (Å²) in [6.07, 6.45) is 5.57. The average molecular weight is 127 g/mol. The van der Waals surface area contributed by atoms with Gasteiger partial charge in [-0.05, 0) is 24.8 Å². The molecular formula is C8H17N. The summed E-state index contributed by atoms with van der Waals surface area (Å²) in [4.78, 5) is 0. The first-order valence-corrected chi connectivity index (χ1v) is 4.08. The number of hydrogen-bond donors (Lipinski definition) is 1. The molecule has 2 N–H and O–H groups in total. The van der Waals surface area contributed by atoms with Gasteiger partial charge in [-0.1, -0.05) is 26.2 Å². The van der Waals surface area contributed by atoms with Gasteiger partial charge in [0, 0.05) is 0 Å². The van der Waals surface area contributed by atoms with Gasteiger partial charge >= 0.3 is 0 Å². The molecule has 9 heavy (non-hydrogen) atoms. The van der Waals surface area contributed by atoms with E-state index in [0.717, 1.165) is 18.4 Å². The van der Waals surface area contributed by atoms with E-state index in [4.69, 9.17) is 5.73 Å². The van der Waals surface area contributed by atoms with Crippen LogP contribution in [0.15, 0.2) is 0 Å². The number of hydrogen-bond acceptors (Lipinski definition) is 1. The molecule has 0 amide bonds. The van der Waals surface area contributed by atoms with E-state index >= 15 is 0 Å². The monoisotopic (exact) mass is 127 g/mol. The Hall–Kier alpha value is -0.0400. The standard InChI is InChI=1S/C8H17N/c1-2-7-4-3-5-8(7)6-9/h7-8H,2-6,9H2,1H3/t7-,8-/m0/s1. The molecule has 1 aliphatic carbocycles. The van der Waals surface area contributed by atoms with E-state index < -0.39 is 0 Å². The maximum absolute atomic E-state index is 5.60. The second-order valence-corrected chi connectivity index (χ2v) is 3.10. The first kappa shape index (κ1) is 7.07. The van der Waals surface area contributed by atoms with Crippen molar-refractivity contribution >= 4 is 0 Å². The van der Waals surface area contributed by atoms with Crippen molar-refractivity contribution in [3.8, 4) is 0 Å². The van der Waals surface area contributed by atoms with Crippen molar-refractivity contribution in [1.82, 2.24) is 0 Å². The van der Waals surface area contributed by atoms with Crippen molar-refractivity contribution in [2.24, 2.45) is 17.6 Å². The van der Waals surface area contributed by atoms with Gasteiger partial charge in [0.25, 0.3) is 0 Å². The predicted octanol–water partition coefficient (Wildman–Crippen LogP) is 1.77. The fraction of sp³-hybridized carbons (Fsp3) is 1.00. The van der Waals surface area contributed by atoms with E-state index in [0.29, 0.717) is 0 Å². The Labute approximate surface area is 57.6 Å². The van der Waals surface area contributed by atoms with Crippen LogP contribution in [0, 0.1) is 11.8 Å². The smallest absolute Gasteiger partial charge is 0.00462 e. The highest BCUT2D eigenvalue weighted by molar-refractivity contribution is 4.76. The molecule has 0 unspecified atom stereocenters. The summed E-state index contributed by atoms with van der Waals surface area (Å²) in [5.41, 5.74) is 5.60. The molecule has 0 aromatic rings. The SMILES string of the molecule is CC[C@H]1CCC[C@H]1CN. The fourth-order valence-electron chi connectivity index (χ4n) is 1.96. The van der Waals surface area contributed by atoms with Crippen molar-refractivity contribution in [2.75, 3.05) is 6.54 Å². The normalized spacial score (nSPS) is 35.3. The third-order valence-corrected chi connectivity index (χ3v) is 2.64. The second-order valence-electron chi connectivity index (χ2n) is 3.10. The molecular weight excluding hydrogens is 110 g/mol. The number of nitrogens with two attached hydrogens (primary N) is 1. The highest BCUT2D eigenvalue weighted by Gasteiger charge is 2.23. The Kier molecular flexibility index (Phi) is 2.52. The van der Waals surface area contributed by atoms with Gasteiger partial charge in [-0.2, -0.15) is 0 Å². The molecule has 1 nitrogen and oxygen atoms in total. The summed E-state index contributed by atoms with van der Waals surface area (Å²) >= 11 is 0. The highest BCUT2D eigenvalue weighted by Crippen LogP contribution is 2.32. The van der Waals surface area contributed by atoms with Crippen molar-refractivity contribution < 1.29 is 0 Å². The van der Waals surface area contributed by atoms with Crippen LogP contribution < -0.4 is 5.73 Å². The summed E-state index contributed by atoms with van der Waals surface area (Å²) in [5, 5.41) is 0. The Morgan fingerprint density at radius 2 is 2.00 bits per heavy atom. The van der Waals surface area contributed by atoms with Crippen LogP contribution in [-0.4, -0.2) is 6.54 Å². The first-order chi connectivity index (χ1) is 4.38. The summed E-state index contributed by atoms with van der Waals surface area (Å²) in [7, 11) is 0. The Balaban J connectivity index is 2.32. The van der Waals surface area contributed by atoms with Crippen LogP contribution in [0.5, 0.6) is 0 Å². The first-order valence-electron chi connectivity index (χ1n) is 4.08. The Morgan fingerprint density at radius 1 is 1.33 bits per heavy atom. The van der Waals surface area contributed by atoms with Gasteiger partial charge in [0.05, 0.1) is 0 Å². The van der Waals surface area contributed by atoms with Crippen LogP contribution in [-0.2, 0) is 0 Å². The molecule has 0 heterocycles. The van der Waals surface area contributed by atoms with Gasteiger partial charge in [-0.3, -0.25) is 0 Å². The second kappa shape index (κ2) is 3.21. The molecule has 0 aliphatic heterocycles. The van der Waals surface area contributed by atoms with E-state index in [1.165, 1.54) is 25.7 Å². The average Bonchev–Trinajstić information content (AvgIpc) is 2.33. The summed E-state index contributed by atoms with van der Waals surface area (Å²) in [6.45, 7) is 3.19. The van der Waals surface area contributed by atoms with Crippen LogP contribution in [0.25, 0.3) is 0 Å². The van der Waals surface area contributed by atoms with Gasteiger partial charge in [0.2, 0.25) is 0 Å². The van der Waals surface area contributed by atoms with Crippen molar-refractivity contribution in [1.29, 1.82) is 0 Å². The predicted molar refractivity (Wildman–Crippen MR) is 40.2 cm³/mol. The zero-order valence-corrected chi connectivity index (χ0v) is 6.27. The van der Waals surface area contributed by atoms with Crippen LogP contribution in [0.1, 0.15) is 32.6 Å². The van der Waals surface area contributed by atoms with Crippen molar-refractivity contribution in [3.63, 3.8) is 0 Å². The minimum absolute atomic E-state index is 0.856. The molecule has 0 radical (unpaired) electrons. The van der Waals surface area contributed by atoms with Crippen LogP contribution in [0.3, 0.4) is 0 Å². The number of rotatable bonds is 2. The zero-order valence-electron chi connectivity index (χ0n) is 6.27. The molecule has 0 spiro atoms. The van der Waals surface area contributed by atoms with Crippen molar-refractivity contribution in [3.05, 3.63) is 0 Å². The molecule has 0 aromatic heterocycles.